The van der Waals surface area contributed by atoms with Crippen molar-refractivity contribution in [1.82, 2.24) is 14.9 Å². The normalized spacial score (nSPS) is 13.8. The third kappa shape index (κ3) is 4.89. The molecule has 0 aliphatic heterocycles. The number of aryl methyl sites for hydroxylation is 1. The van der Waals surface area contributed by atoms with E-state index in [1.165, 1.54) is 7.05 Å². The third-order valence-electron chi connectivity index (χ3n) is 3.77. The van der Waals surface area contributed by atoms with Crippen molar-refractivity contribution < 1.29 is 14.3 Å². The maximum absolute atomic E-state index is 11.9. The first kappa shape index (κ1) is 19.1. The summed E-state index contributed by atoms with van der Waals surface area (Å²) in [5.41, 5.74) is 0.551. The number of amides is 1. The summed E-state index contributed by atoms with van der Waals surface area (Å²) >= 11 is 6.11. The van der Waals surface area contributed by atoms with E-state index in [9.17, 15) is 4.79 Å². The molecule has 2 rings (SSSR count). The number of carbonyl (C=O) groups is 1. The van der Waals surface area contributed by atoms with E-state index in [4.69, 9.17) is 21.1 Å². The lowest BCUT2D eigenvalue weighted by molar-refractivity contribution is -0.0741. The van der Waals surface area contributed by atoms with Crippen LogP contribution >= 0.6 is 11.6 Å². The van der Waals surface area contributed by atoms with Crippen LogP contribution in [0.1, 0.15) is 32.6 Å². The SMILES string of the molecule is CNC(=O)OC(C(Oc1cc(Cl)ccc1C)n1ccnc1)C(C)(C)C. The average Bonchev–Trinajstić information content (AvgIpc) is 3.06. The summed E-state index contributed by atoms with van der Waals surface area (Å²) in [6.45, 7) is 7.89. The molecule has 6 nitrogen and oxygen atoms in total. The second-order valence-corrected chi connectivity index (χ2v) is 7.31. The number of benzene rings is 1. The minimum atomic E-state index is -0.600. The number of carbonyl (C=O) groups excluding carboxylic acids is 1. The fraction of sp³-hybridized carbons (Fsp3) is 0.444. The fourth-order valence-electron chi connectivity index (χ4n) is 2.37. The van der Waals surface area contributed by atoms with Gasteiger partial charge in [-0.25, -0.2) is 9.78 Å². The topological polar surface area (TPSA) is 65.4 Å². The Bertz CT molecular complexity index is 711. The number of ether oxygens (including phenoxy) is 2. The second kappa shape index (κ2) is 7.78. The van der Waals surface area contributed by atoms with Gasteiger partial charge in [-0.1, -0.05) is 38.4 Å². The lowest BCUT2D eigenvalue weighted by Crippen LogP contribution is -2.43. The van der Waals surface area contributed by atoms with Crippen LogP contribution in [0.4, 0.5) is 4.79 Å². The van der Waals surface area contributed by atoms with E-state index < -0.39 is 18.4 Å². The molecule has 1 aromatic carbocycles. The molecule has 1 amide bonds. The molecular formula is C18H24ClN3O3. The monoisotopic (exact) mass is 365 g/mol. The van der Waals surface area contributed by atoms with Gasteiger partial charge in [0.15, 0.2) is 6.10 Å². The van der Waals surface area contributed by atoms with E-state index >= 15 is 0 Å². The summed E-state index contributed by atoms with van der Waals surface area (Å²) in [6.07, 6.45) is 3.38. The van der Waals surface area contributed by atoms with Gasteiger partial charge in [-0.2, -0.15) is 0 Å². The van der Waals surface area contributed by atoms with E-state index in [2.05, 4.69) is 10.3 Å². The molecule has 1 heterocycles. The summed E-state index contributed by atoms with van der Waals surface area (Å²) in [7, 11) is 1.52. The lowest BCUT2D eigenvalue weighted by atomic mass is 9.87. The number of halogens is 1. The average molecular weight is 366 g/mol. The van der Waals surface area contributed by atoms with Crippen molar-refractivity contribution in [1.29, 1.82) is 0 Å². The van der Waals surface area contributed by atoms with Crippen LogP contribution in [0.15, 0.2) is 36.9 Å². The van der Waals surface area contributed by atoms with Crippen LogP contribution in [0.25, 0.3) is 0 Å². The Hall–Kier alpha value is -2.21. The second-order valence-electron chi connectivity index (χ2n) is 6.87. The van der Waals surface area contributed by atoms with E-state index in [0.717, 1.165) is 5.56 Å². The van der Waals surface area contributed by atoms with Crippen LogP contribution < -0.4 is 10.1 Å². The molecule has 0 bridgehead atoms. The Labute approximate surface area is 153 Å². The highest BCUT2D eigenvalue weighted by atomic mass is 35.5. The molecule has 1 aromatic heterocycles. The highest BCUT2D eigenvalue weighted by molar-refractivity contribution is 6.30. The maximum Gasteiger partial charge on any atom is 0.407 e. The lowest BCUT2D eigenvalue weighted by Gasteiger charge is -2.36. The van der Waals surface area contributed by atoms with Crippen molar-refractivity contribution in [3.63, 3.8) is 0 Å². The molecule has 2 unspecified atom stereocenters. The molecular weight excluding hydrogens is 342 g/mol. The van der Waals surface area contributed by atoms with Crippen molar-refractivity contribution in [2.24, 2.45) is 5.41 Å². The van der Waals surface area contributed by atoms with Crippen LogP contribution in [0.3, 0.4) is 0 Å². The molecule has 0 aliphatic rings. The molecule has 1 N–H and O–H groups in total. The highest BCUT2D eigenvalue weighted by Crippen LogP contribution is 2.35. The molecule has 136 valence electrons. The Morgan fingerprint density at radius 3 is 2.64 bits per heavy atom. The van der Waals surface area contributed by atoms with Crippen molar-refractivity contribution in [3.8, 4) is 5.75 Å². The van der Waals surface area contributed by atoms with E-state index in [1.54, 1.807) is 35.4 Å². The molecule has 0 saturated heterocycles. The molecule has 0 fully saturated rings. The van der Waals surface area contributed by atoms with Gasteiger partial charge in [-0.15, -0.1) is 0 Å². The number of aromatic nitrogens is 2. The van der Waals surface area contributed by atoms with E-state index in [0.29, 0.717) is 10.8 Å². The smallest absolute Gasteiger partial charge is 0.407 e. The Morgan fingerprint density at radius 2 is 2.08 bits per heavy atom. The van der Waals surface area contributed by atoms with E-state index in [1.807, 2.05) is 33.8 Å². The molecule has 0 aliphatic carbocycles. The number of nitrogens with zero attached hydrogens (tertiary/aromatic N) is 2. The Morgan fingerprint density at radius 1 is 1.36 bits per heavy atom. The zero-order valence-corrected chi connectivity index (χ0v) is 15.9. The first-order valence-corrected chi connectivity index (χ1v) is 8.39. The molecule has 0 spiro atoms. The molecule has 7 heteroatoms. The van der Waals surface area contributed by atoms with Gasteiger partial charge in [-0.05, 0) is 24.6 Å². The third-order valence-corrected chi connectivity index (χ3v) is 4.00. The minimum absolute atomic E-state index is 0.381. The van der Waals surface area contributed by atoms with Crippen molar-refractivity contribution in [2.75, 3.05) is 7.05 Å². The van der Waals surface area contributed by atoms with Crippen molar-refractivity contribution in [2.45, 2.75) is 40.0 Å². The summed E-state index contributed by atoms with van der Waals surface area (Å²) in [4.78, 5) is 16.0. The predicted molar refractivity (Wildman–Crippen MR) is 96.9 cm³/mol. The number of nitrogens with one attached hydrogen (secondary N) is 1. The van der Waals surface area contributed by atoms with Gasteiger partial charge in [0.05, 0.1) is 6.33 Å². The standard InChI is InChI=1S/C18H24ClN3O3/c1-12-6-7-13(19)10-14(12)24-16(22-9-8-21-11-22)15(18(2,3)4)25-17(23)20-5/h6-11,15-16H,1-5H3,(H,20,23). The zero-order chi connectivity index (χ0) is 18.6. The van der Waals surface area contributed by atoms with Gasteiger partial charge in [0.1, 0.15) is 5.75 Å². The summed E-state index contributed by atoms with van der Waals surface area (Å²) in [5.74, 6) is 0.626. The number of rotatable bonds is 5. The van der Waals surface area contributed by atoms with Gasteiger partial charge in [0, 0.05) is 29.9 Å². The van der Waals surface area contributed by atoms with Gasteiger partial charge in [0.25, 0.3) is 0 Å². The van der Waals surface area contributed by atoms with Gasteiger partial charge < -0.3 is 14.8 Å². The number of hydrogen-bond donors (Lipinski definition) is 1. The number of alkyl carbamates (subject to hydrolysis) is 1. The van der Waals surface area contributed by atoms with Crippen LogP contribution in [0.5, 0.6) is 5.75 Å². The summed E-state index contributed by atoms with van der Waals surface area (Å²) < 4.78 is 13.7. The van der Waals surface area contributed by atoms with Crippen LogP contribution in [-0.2, 0) is 4.74 Å². The van der Waals surface area contributed by atoms with Crippen LogP contribution in [-0.4, -0.2) is 28.8 Å². The zero-order valence-electron chi connectivity index (χ0n) is 15.1. The summed E-state index contributed by atoms with van der Waals surface area (Å²) in [6, 6.07) is 5.44. The quantitative estimate of drug-likeness (QED) is 0.862. The summed E-state index contributed by atoms with van der Waals surface area (Å²) in [5, 5.41) is 3.06. The number of imidazole rings is 1. The number of hydrogen-bond acceptors (Lipinski definition) is 4. The first-order valence-electron chi connectivity index (χ1n) is 8.01. The fourth-order valence-corrected chi connectivity index (χ4v) is 2.53. The molecule has 0 saturated carbocycles. The Kier molecular flexibility index (Phi) is 5.95. The largest absolute Gasteiger partial charge is 0.466 e. The predicted octanol–water partition coefficient (Wildman–Crippen LogP) is 4.19. The van der Waals surface area contributed by atoms with Crippen LogP contribution in [0.2, 0.25) is 5.02 Å². The van der Waals surface area contributed by atoms with Crippen LogP contribution in [0, 0.1) is 12.3 Å². The van der Waals surface area contributed by atoms with Gasteiger partial charge in [0.2, 0.25) is 6.23 Å². The molecule has 2 aromatic rings. The van der Waals surface area contributed by atoms with Gasteiger partial charge in [-0.3, -0.25) is 4.57 Å². The highest BCUT2D eigenvalue weighted by Gasteiger charge is 2.38. The molecule has 0 radical (unpaired) electrons. The first-order chi connectivity index (χ1) is 11.7. The van der Waals surface area contributed by atoms with Crippen molar-refractivity contribution in [3.05, 3.63) is 47.5 Å². The molecule has 2 atom stereocenters. The molecule has 25 heavy (non-hydrogen) atoms. The Balaban J connectivity index is 2.43. The maximum atomic E-state index is 11.9. The van der Waals surface area contributed by atoms with E-state index in [-0.39, 0.29) is 5.41 Å². The van der Waals surface area contributed by atoms with Gasteiger partial charge >= 0.3 is 6.09 Å². The van der Waals surface area contributed by atoms with Crippen molar-refractivity contribution >= 4 is 17.7 Å². The minimum Gasteiger partial charge on any atom is -0.466 e.